The molecule has 90 valence electrons. The number of phenols is 1. The van der Waals surface area contributed by atoms with Gasteiger partial charge in [-0.05, 0) is 31.2 Å². The maximum Gasteiger partial charge on any atom is 0.164 e. The molecule has 0 bridgehead atoms. The highest BCUT2D eigenvalue weighted by Crippen LogP contribution is 2.28. The average molecular weight is 239 g/mol. The van der Waals surface area contributed by atoms with Crippen molar-refractivity contribution < 1.29 is 5.11 Å². The van der Waals surface area contributed by atoms with E-state index in [0.717, 1.165) is 11.4 Å². The molecule has 1 aromatic carbocycles. The van der Waals surface area contributed by atoms with Gasteiger partial charge in [-0.15, -0.1) is 0 Å². The van der Waals surface area contributed by atoms with Crippen LogP contribution in [0.15, 0.2) is 42.6 Å². The first kappa shape index (κ1) is 11.9. The molecular weight excluding hydrogens is 226 g/mol. The molecule has 0 aliphatic heterocycles. The highest BCUT2D eigenvalue weighted by molar-refractivity contribution is 5.68. The Morgan fingerprint density at radius 2 is 2.17 bits per heavy atom. The van der Waals surface area contributed by atoms with E-state index in [0.29, 0.717) is 12.2 Å². The van der Waals surface area contributed by atoms with Gasteiger partial charge in [0.2, 0.25) is 0 Å². The summed E-state index contributed by atoms with van der Waals surface area (Å²) in [6.45, 7) is 2.67. The molecule has 2 aromatic rings. The summed E-state index contributed by atoms with van der Waals surface area (Å²) < 4.78 is 0. The minimum Gasteiger partial charge on any atom is -0.508 e. The first-order valence-electron chi connectivity index (χ1n) is 5.68. The molecule has 0 aliphatic carbocycles. The SMILES string of the molecule is CCN(c1cccc(O)c1)c1cccnc1C#N. The topological polar surface area (TPSA) is 60.1 Å². The maximum atomic E-state index is 9.52. The quantitative estimate of drug-likeness (QED) is 0.894. The van der Waals surface area contributed by atoms with Crippen LogP contribution >= 0.6 is 0 Å². The zero-order valence-corrected chi connectivity index (χ0v) is 10.0. The molecule has 18 heavy (non-hydrogen) atoms. The van der Waals surface area contributed by atoms with Gasteiger partial charge in [0.1, 0.15) is 11.8 Å². The van der Waals surface area contributed by atoms with Crippen LogP contribution in [-0.4, -0.2) is 16.6 Å². The summed E-state index contributed by atoms with van der Waals surface area (Å²) >= 11 is 0. The maximum absolute atomic E-state index is 9.52. The van der Waals surface area contributed by atoms with E-state index in [9.17, 15) is 5.11 Å². The van der Waals surface area contributed by atoms with Crippen LogP contribution in [0.25, 0.3) is 0 Å². The monoisotopic (exact) mass is 239 g/mol. The van der Waals surface area contributed by atoms with Crippen LogP contribution in [0.4, 0.5) is 11.4 Å². The Morgan fingerprint density at radius 1 is 1.33 bits per heavy atom. The molecule has 0 saturated heterocycles. The molecule has 0 fully saturated rings. The number of hydrogen-bond acceptors (Lipinski definition) is 4. The number of aromatic nitrogens is 1. The van der Waals surface area contributed by atoms with Crippen molar-refractivity contribution in [1.82, 2.24) is 4.98 Å². The molecule has 0 unspecified atom stereocenters. The fourth-order valence-corrected chi connectivity index (χ4v) is 1.85. The predicted molar refractivity (Wildman–Crippen MR) is 69.7 cm³/mol. The Labute approximate surface area is 106 Å². The highest BCUT2D eigenvalue weighted by Gasteiger charge is 2.12. The molecule has 0 aliphatic rings. The van der Waals surface area contributed by atoms with Crippen molar-refractivity contribution in [3.05, 3.63) is 48.3 Å². The number of nitriles is 1. The van der Waals surface area contributed by atoms with Crippen molar-refractivity contribution in [2.45, 2.75) is 6.92 Å². The van der Waals surface area contributed by atoms with Crippen molar-refractivity contribution >= 4 is 11.4 Å². The Morgan fingerprint density at radius 3 is 2.83 bits per heavy atom. The lowest BCUT2D eigenvalue weighted by Crippen LogP contribution is -2.17. The molecule has 0 saturated carbocycles. The molecule has 1 aromatic heterocycles. The Hall–Kier alpha value is -2.54. The van der Waals surface area contributed by atoms with E-state index < -0.39 is 0 Å². The van der Waals surface area contributed by atoms with E-state index in [1.165, 1.54) is 0 Å². The molecule has 0 atom stereocenters. The van der Waals surface area contributed by atoms with E-state index in [4.69, 9.17) is 5.26 Å². The highest BCUT2D eigenvalue weighted by atomic mass is 16.3. The van der Waals surface area contributed by atoms with Gasteiger partial charge in [0, 0.05) is 24.5 Å². The van der Waals surface area contributed by atoms with Gasteiger partial charge in [0.15, 0.2) is 5.69 Å². The number of nitrogens with zero attached hydrogens (tertiary/aromatic N) is 3. The number of phenolic OH excluding ortho intramolecular Hbond substituents is 1. The minimum atomic E-state index is 0.202. The largest absolute Gasteiger partial charge is 0.508 e. The number of hydrogen-bond donors (Lipinski definition) is 1. The van der Waals surface area contributed by atoms with Crippen molar-refractivity contribution in [1.29, 1.82) is 5.26 Å². The second-order valence-electron chi connectivity index (χ2n) is 3.75. The van der Waals surface area contributed by atoms with Gasteiger partial charge < -0.3 is 10.0 Å². The zero-order chi connectivity index (χ0) is 13.0. The molecular formula is C14H13N3O. The summed E-state index contributed by atoms with van der Waals surface area (Å²) in [5, 5.41) is 18.6. The number of rotatable bonds is 3. The molecule has 0 amide bonds. The first-order valence-corrected chi connectivity index (χ1v) is 5.68. The van der Waals surface area contributed by atoms with Crippen molar-refractivity contribution in [2.75, 3.05) is 11.4 Å². The van der Waals surface area contributed by atoms with Crippen LogP contribution in [0.1, 0.15) is 12.6 Å². The van der Waals surface area contributed by atoms with Gasteiger partial charge in [0.05, 0.1) is 5.69 Å². The fourth-order valence-electron chi connectivity index (χ4n) is 1.85. The van der Waals surface area contributed by atoms with E-state index >= 15 is 0 Å². The van der Waals surface area contributed by atoms with Crippen molar-refractivity contribution in [2.24, 2.45) is 0 Å². The number of pyridine rings is 1. The smallest absolute Gasteiger partial charge is 0.164 e. The minimum absolute atomic E-state index is 0.202. The Kier molecular flexibility index (Phi) is 3.44. The van der Waals surface area contributed by atoms with Gasteiger partial charge in [-0.2, -0.15) is 5.26 Å². The summed E-state index contributed by atoms with van der Waals surface area (Å²) in [6.07, 6.45) is 1.60. The fraction of sp³-hybridized carbons (Fsp3) is 0.143. The van der Waals surface area contributed by atoms with E-state index in [2.05, 4.69) is 11.1 Å². The number of aromatic hydroxyl groups is 1. The summed E-state index contributed by atoms with van der Waals surface area (Å²) in [6, 6.07) is 12.7. The van der Waals surface area contributed by atoms with Crippen LogP contribution < -0.4 is 4.90 Å². The third-order valence-corrected chi connectivity index (χ3v) is 2.64. The second-order valence-corrected chi connectivity index (χ2v) is 3.75. The van der Waals surface area contributed by atoms with E-state index in [1.54, 1.807) is 30.5 Å². The lowest BCUT2D eigenvalue weighted by molar-refractivity contribution is 0.475. The third kappa shape index (κ3) is 2.25. The molecule has 0 radical (unpaired) electrons. The predicted octanol–water partition coefficient (Wildman–Crippen LogP) is 2.82. The normalized spacial score (nSPS) is 9.78. The van der Waals surface area contributed by atoms with E-state index in [-0.39, 0.29) is 5.75 Å². The average Bonchev–Trinajstić information content (AvgIpc) is 2.40. The summed E-state index contributed by atoms with van der Waals surface area (Å²) in [5.41, 5.74) is 1.96. The van der Waals surface area contributed by atoms with Gasteiger partial charge in [-0.3, -0.25) is 0 Å². The van der Waals surface area contributed by atoms with E-state index in [1.807, 2.05) is 24.0 Å². The Bertz CT molecular complexity index is 590. The first-order chi connectivity index (χ1) is 8.76. The van der Waals surface area contributed by atoms with Crippen molar-refractivity contribution in [3.8, 4) is 11.8 Å². The summed E-state index contributed by atoms with van der Waals surface area (Å²) in [5.74, 6) is 0.202. The van der Waals surface area contributed by atoms with Crippen LogP contribution in [-0.2, 0) is 0 Å². The zero-order valence-electron chi connectivity index (χ0n) is 10.0. The second kappa shape index (κ2) is 5.19. The third-order valence-electron chi connectivity index (χ3n) is 2.64. The van der Waals surface area contributed by atoms with Crippen molar-refractivity contribution in [3.63, 3.8) is 0 Å². The van der Waals surface area contributed by atoms with Crippen LogP contribution in [0.3, 0.4) is 0 Å². The lowest BCUT2D eigenvalue weighted by atomic mass is 10.2. The van der Waals surface area contributed by atoms with Gasteiger partial charge in [0.25, 0.3) is 0 Å². The van der Waals surface area contributed by atoms with Gasteiger partial charge in [-0.1, -0.05) is 6.07 Å². The lowest BCUT2D eigenvalue weighted by Gasteiger charge is -2.23. The van der Waals surface area contributed by atoms with Crippen LogP contribution in [0, 0.1) is 11.3 Å². The molecule has 4 nitrogen and oxygen atoms in total. The molecule has 0 spiro atoms. The van der Waals surface area contributed by atoms with Crippen LogP contribution in [0.5, 0.6) is 5.75 Å². The Balaban J connectivity index is 2.49. The number of anilines is 2. The van der Waals surface area contributed by atoms with Crippen LogP contribution in [0.2, 0.25) is 0 Å². The standard InChI is InChI=1S/C14H13N3O/c1-2-17(11-5-3-6-12(18)9-11)14-7-4-8-16-13(14)10-15/h3-9,18H,2H2,1H3. The van der Waals surface area contributed by atoms with Gasteiger partial charge in [-0.25, -0.2) is 4.98 Å². The van der Waals surface area contributed by atoms with Gasteiger partial charge >= 0.3 is 0 Å². The summed E-state index contributed by atoms with van der Waals surface area (Å²) in [4.78, 5) is 5.98. The molecule has 1 heterocycles. The summed E-state index contributed by atoms with van der Waals surface area (Å²) in [7, 11) is 0. The number of benzene rings is 1. The molecule has 1 N–H and O–H groups in total. The molecule has 4 heteroatoms. The molecule has 2 rings (SSSR count).